The standard InChI is InChI=1S/C17H29N3O3S.HI/c1-6-23-15-10-8-7-9-14(15)13-20-16(18-5)19-11-12-24(21,22)17(2,3)4;/h7-10H,6,11-13H2,1-5H3,(H2,18,19,20);1H. The Morgan fingerprint density at radius 1 is 1.20 bits per heavy atom. The van der Waals surface area contributed by atoms with Gasteiger partial charge in [-0.05, 0) is 33.8 Å². The second-order valence-corrected chi connectivity index (χ2v) is 9.19. The summed E-state index contributed by atoms with van der Waals surface area (Å²) in [6.45, 7) is 8.53. The average Bonchev–Trinajstić information content (AvgIpc) is 2.51. The number of nitrogens with zero attached hydrogens (tertiary/aromatic N) is 1. The molecule has 0 unspecified atom stereocenters. The van der Waals surface area contributed by atoms with Gasteiger partial charge >= 0.3 is 0 Å². The van der Waals surface area contributed by atoms with Gasteiger partial charge in [0.25, 0.3) is 0 Å². The minimum Gasteiger partial charge on any atom is -0.494 e. The fourth-order valence-electron chi connectivity index (χ4n) is 1.96. The van der Waals surface area contributed by atoms with Crippen molar-refractivity contribution in [1.29, 1.82) is 0 Å². The molecule has 2 N–H and O–H groups in total. The highest BCUT2D eigenvalue weighted by molar-refractivity contribution is 14.0. The van der Waals surface area contributed by atoms with Crippen LogP contribution >= 0.6 is 24.0 Å². The van der Waals surface area contributed by atoms with Gasteiger partial charge in [0.1, 0.15) is 5.75 Å². The largest absolute Gasteiger partial charge is 0.494 e. The van der Waals surface area contributed by atoms with E-state index in [0.29, 0.717) is 25.7 Å². The normalized spacial score (nSPS) is 12.3. The van der Waals surface area contributed by atoms with Crippen molar-refractivity contribution in [2.75, 3.05) is 26.0 Å². The summed E-state index contributed by atoms with van der Waals surface area (Å²) in [5.41, 5.74) is 1.02. The average molecular weight is 483 g/mol. The fourth-order valence-corrected chi connectivity index (χ4v) is 2.94. The number of sulfone groups is 1. The molecule has 1 aromatic carbocycles. The third-order valence-corrected chi connectivity index (χ3v) is 6.15. The molecule has 0 fully saturated rings. The van der Waals surface area contributed by atoms with Gasteiger partial charge < -0.3 is 15.4 Å². The monoisotopic (exact) mass is 483 g/mol. The van der Waals surface area contributed by atoms with E-state index in [0.717, 1.165) is 11.3 Å². The minimum atomic E-state index is -3.15. The highest BCUT2D eigenvalue weighted by Crippen LogP contribution is 2.17. The third-order valence-electron chi connectivity index (χ3n) is 3.54. The van der Waals surface area contributed by atoms with Crippen LogP contribution in [-0.2, 0) is 16.4 Å². The summed E-state index contributed by atoms with van der Waals surface area (Å²) >= 11 is 0. The van der Waals surface area contributed by atoms with Crippen LogP contribution in [-0.4, -0.2) is 45.1 Å². The lowest BCUT2D eigenvalue weighted by Gasteiger charge is -2.20. The van der Waals surface area contributed by atoms with Gasteiger partial charge in [-0.25, -0.2) is 8.42 Å². The van der Waals surface area contributed by atoms with Crippen LogP contribution in [0.3, 0.4) is 0 Å². The molecule has 8 heteroatoms. The van der Waals surface area contributed by atoms with E-state index in [1.807, 2.05) is 31.2 Å². The SMILES string of the molecule is CCOc1ccccc1CNC(=NC)NCCS(=O)(=O)C(C)(C)C.I. The summed E-state index contributed by atoms with van der Waals surface area (Å²) in [6, 6.07) is 7.78. The number of rotatable bonds is 7. The Kier molecular flexibility index (Phi) is 10.4. The zero-order valence-corrected chi connectivity index (χ0v) is 18.8. The number of hydrogen-bond acceptors (Lipinski definition) is 4. The number of halogens is 1. The van der Waals surface area contributed by atoms with Gasteiger partial charge in [0.2, 0.25) is 0 Å². The van der Waals surface area contributed by atoms with Gasteiger partial charge in [0.15, 0.2) is 15.8 Å². The van der Waals surface area contributed by atoms with E-state index in [2.05, 4.69) is 15.6 Å². The Balaban J connectivity index is 0.00000576. The van der Waals surface area contributed by atoms with Gasteiger partial charge in [-0.15, -0.1) is 24.0 Å². The fraction of sp³-hybridized carbons (Fsp3) is 0.588. The van der Waals surface area contributed by atoms with Crippen LogP contribution in [0.1, 0.15) is 33.3 Å². The van der Waals surface area contributed by atoms with E-state index in [-0.39, 0.29) is 29.7 Å². The van der Waals surface area contributed by atoms with Crippen LogP contribution in [0.4, 0.5) is 0 Å². The first kappa shape index (κ1) is 24.0. The maximum atomic E-state index is 12.1. The Hall–Kier alpha value is -1.03. The van der Waals surface area contributed by atoms with Crippen molar-refractivity contribution >= 4 is 39.8 Å². The smallest absolute Gasteiger partial charge is 0.191 e. The summed E-state index contributed by atoms with van der Waals surface area (Å²) in [6.07, 6.45) is 0. The highest BCUT2D eigenvalue weighted by atomic mass is 127. The van der Waals surface area contributed by atoms with Crippen LogP contribution in [0.25, 0.3) is 0 Å². The van der Waals surface area contributed by atoms with E-state index in [4.69, 9.17) is 4.74 Å². The number of aliphatic imine (C=N–C) groups is 1. The van der Waals surface area contributed by atoms with Crippen LogP contribution in [0.5, 0.6) is 5.75 Å². The Morgan fingerprint density at radius 3 is 2.40 bits per heavy atom. The molecular formula is C17H30IN3O3S. The molecule has 0 aliphatic carbocycles. The van der Waals surface area contributed by atoms with Crippen molar-refractivity contribution < 1.29 is 13.2 Å². The molecule has 0 atom stereocenters. The molecule has 0 saturated carbocycles. The highest BCUT2D eigenvalue weighted by Gasteiger charge is 2.28. The van der Waals surface area contributed by atoms with Gasteiger partial charge in [-0.2, -0.15) is 0 Å². The molecule has 0 spiro atoms. The van der Waals surface area contributed by atoms with Gasteiger partial charge in [-0.3, -0.25) is 4.99 Å². The lowest BCUT2D eigenvalue weighted by Crippen LogP contribution is -2.41. The van der Waals surface area contributed by atoms with Crippen LogP contribution < -0.4 is 15.4 Å². The zero-order valence-electron chi connectivity index (χ0n) is 15.6. The molecular weight excluding hydrogens is 453 g/mol. The van der Waals surface area contributed by atoms with Crippen molar-refractivity contribution in [3.05, 3.63) is 29.8 Å². The van der Waals surface area contributed by atoms with Crippen LogP contribution in [0.15, 0.2) is 29.3 Å². The Morgan fingerprint density at radius 2 is 1.84 bits per heavy atom. The molecule has 0 bridgehead atoms. The van der Waals surface area contributed by atoms with Gasteiger partial charge in [0, 0.05) is 25.7 Å². The van der Waals surface area contributed by atoms with Crippen molar-refractivity contribution in [3.8, 4) is 5.75 Å². The van der Waals surface area contributed by atoms with Crippen LogP contribution in [0, 0.1) is 0 Å². The molecule has 0 aliphatic rings. The van der Waals surface area contributed by atoms with E-state index in [1.54, 1.807) is 27.8 Å². The van der Waals surface area contributed by atoms with Crippen molar-refractivity contribution in [3.63, 3.8) is 0 Å². The topological polar surface area (TPSA) is 79.8 Å². The zero-order chi connectivity index (χ0) is 18.2. The molecule has 0 radical (unpaired) electrons. The molecule has 6 nitrogen and oxygen atoms in total. The molecule has 0 saturated heterocycles. The van der Waals surface area contributed by atoms with E-state index in [1.165, 1.54) is 0 Å². The molecule has 0 amide bonds. The first-order valence-electron chi connectivity index (χ1n) is 8.08. The summed E-state index contributed by atoms with van der Waals surface area (Å²) in [5.74, 6) is 1.45. The Labute approximate surface area is 168 Å². The van der Waals surface area contributed by atoms with Gasteiger partial charge in [-0.1, -0.05) is 18.2 Å². The van der Waals surface area contributed by atoms with E-state index >= 15 is 0 Å². The lowest BCUT2D eigenvalue weighted by atomic mass is 10.2. The predicted molar refractivity (Wildman–Crippen MR) is 115 cm³/mol. The lowest BCUT2D eigenvalue weighted by molar-refractivity contribution is 0.336. The maximum Gasteiger partial charge on any atom is 0.191 e. The third kappa shape index (κ3) is 7.81. The van der Waals surface area contributed by atoms with Crippen LogP contribution in [0.2, 0.25) is 0 Å². The number of guanidine groups is 1. The molecule has 1 rings (SSSR count). The van der Waals surface area contributed by atoms with Crippen molar-refractivity contribution in [2.24, 2.45) is 4.99 Å². The number of hydrogen-bond donors (Lipinski definition) is 2. The van der Waals surface area contributed by atoms with E-state index < -0.39 is 14.6 Å². The Bertz CT molecular complexity index is 655. The minimum absolute atomic E-state index is 0. The number of benzene rings is 1. The first-order valence-corrected chi connectivity index (χ1v) is 9.74. The second kappa shape index (κ2) is 10.8. The van der Waals surface area contributed by atoms with Crippen molar-refractivity contribution in [1.82, 2.24) is 10.6 Å². The maximum absolute atomic E-state index is 12.1. The molecule has 25 heavy (non-hydrogen) atoms. The molecule has 144 valence electrons. The summed E-state index contributed by atoms with van der Waals surface area (Å²) in [5, 5.41) is 6.21. The number of nitrogens with one attached hydrogen (secondary N) is 2. The first-order chi connectivity index (χ1) is 11.2. The molecule has 0 aliphatic heterocycles. The molecule has 0 heterocycles. The van der Waals surface area contributed by atoms with Crippen molar-refractivity contribution in [2.45, 2.75) is 39.0 Å². The number of para-hydroxylation sites is 1. The summed E-state index contributed by atoms with van der Waals surface area (Å²) in [4.78, 5) is 4.12. The second-order valence-electron chi connectivity index (χ2n) is 6.32. The predicted octanol–water partition coefficient (Wildman–Crippen LogP) is 2.58. The summed E-state index contributed by atoms with van der Waals surface area (Å²) < 4.78 is 29.0. The summed E-state index contributed by atoms with van der Waals surface area (Å²) in [7, 11) is -1.49. The molecule has 1 aromatic rings. The quantitative estimate of drug-likeness (QED) is 0.354. The number of ether oxygens (including phenoxy) is 1. The van der Waals surface area contributed by atoms with Gasteiger partial charge in [0.05, 0.1) is 17.1 Å². The molecule has 0 aromatic heterocycles. The van der Waals surface area contributed by atoms with E-state index in [9.17, 15) is 8.42 Å².